The third kappa shape index (κ3) is 1.94. The van der Waals surface area contributed by atoms with Gasteiger partial charge in [0.15, 0.2) is 0 Å². The summed E-state index contributed by atoms with van der Waals surface area (Å²) in [7, 11) is 0. The lowest BCUT2D eigenvalue weighted by Crippen LogP contribution is -1.85. The number of anilines is 1. The van der Waals surface area contributed by atoms with Crippen LogP contribution in [0.3, 0.4) is 0 Å². The smallest absolute Gasteiger partial charge is 0.0692 e. The van der Waals surface area contributed by atoms with E-state index in [1.165, 1.54) is 0 Å². The average molecular weight is 198 g/mol. The third-order valence-corrected chi connectivity index (χ3v) is 1.66. The van der Waals surface area contributed by atoms with Gasteiger partial charge in [0.2, 0.25) is 0 Å². The molecule has 0 heterocycles. The Kier molecular flexibility index (Phi) is 3.87. The summed E-state index contributed by atoms with van der Waals surface area (Å²) in [6.45, 7) is 0. The second-order valence-electron chi connectivity index (χ2n) is 1.64. The van der Waals surface area contributed by atoms with Crippen LogP contribution in [0.2, 0.25) is 10.0 Å². The third-order valence-electron chi connectivity index (χ3n) is 1.000. The van der Waals surface area contributed by atoms with Gasteiger partial charge in [-0.1, -0.05) is 29.3 Å². The fourth-order valence-corrected chi connectivity index (χ4v) is 0.908. The van der Waals surface area contributed by atoms with Crippen molar-refractivity contribution in [1.82, 2.24) is 0 Å². The zero-order valence-electron chi connectivity index (χ0n) is 4.97. The number of rotatable bonds is 0. The molecule has 0 atom stereocenters. The molecule has 0 spiro atoms. The van der Waals surface area contributed by atoms with Crippen molar-refractivity contribution in [2.45, 2.75) is 0 Å². The topological polar surface area (TPSA) is 26.0 Å². The monoisotopic (exact) mass is 197 g/mol. The summed E-state index contributed by atoms with van der Waals surface area (Å²) >= 11 is 11.2. The van der Waals surface area contributed by atoms with E-state index in [0.717, 1.165) is 0 Å². The molecular weight excluding hydrogens is 192 g/mol. The number of hydrogen-bond donors (Lipinski definition) is 1. The van der Waals surface area contributed by atoms with Crippen molar-refractivity contribution < 1.29 is 0 Å². The molecule has 0 aliphatic heterocycles. The summed E-state index contributed by atoms with van der Waals surface area (Å²) in [5.41, 5.74) is 5.86. The van der Waals surface area contributed by atoms with Crippen LogP contribution in [-0.4, -0.2) is 0 Å². The molecule has 1 aromatic rings. The highest BCUT2D eigenvalue weighted by atomic mass is 35.5. The highest BCUT2D eigenvalue weighted by Crippen LogP contribution is 2.25. The van der Waals surface area contributed by atoms with Gasteiger partial charge in [-0.25, -0.2) is 0 Å². The maximum absolute atomic E-state index is 5.60. The second-order valence-corrected chi connectivity index (χ2v) is 2.45. The molecule has 4 heteroatoms. The molecule has 0 aromatic heterocycles. The molecule has 2 N–H and O–H groups in total. The van der Waals surface area contributed by atoms with Crippen molar-refractivity contribution in [2.24, 2.45) is 0 Å². The van der Waals surface area contributed by atoms with E-state index in [4.69, 9.17) is 28.9 Å². The molecular formula is C6H6Cl3N. The van der Waals surface area contributed by atoms with E-state index < -0.39 is 0 Å². The minimum atomic E-state index is 0. The van der Waals surface area contributed by atoms with Crippen molar-refractivity contribution in [3.05, 3.63) is 28.2 Å². The predicted molar refractivity (Wildman–Crippen MR) is 48.1 cm³/mol. The standard InChI is InChI=1S/C6H5Cl2N.ClH/c7-4-2-1-3-5(8)6(4)9;/h1-3H,9H2;1H. The zero-order chi connectivity index (χ0) is 6.85. The quantitative estimate of drug-likeness (QED) is 0.637. The van der Waals surface area contributed by atoms with Crippen LogP contribution in [0.1, 0.15) is 0 Å². The molecule has 1 nitrogen and oxygen atoms in total. The first-order chi connectivity index (χ1) is 4.22. The van der Waals surface area contributed by atoms with Gasteiger partial charge in [0.1, 0.15) is 0 Å². The zero-order valence-corrected chi connectivity index (χ0v) is 7.30. The van der Waals surface area contributed by atoms with Crippen LogP contribution in [0.5, 0.6) is 0 Å². The Hall–Kier alpha value is -0.110. The van der Waals surface area contributed by atoms with E-state index in [1.807, 2.05) is 0 Å². The highest BCUT2D eigenvalue weighted by Gasteiger charge is 1.97. The molecule has 0 aliphatic carbocycles. The first-order valence-corrected chi connectivity index (χ1v) is 3.17. The van der Waals surface area contributed by atoms with Gasteiger partial charge in [-0.05, 0) is 12.1 Å². The number of benzene rings is 1. The molecule has 0 radical (unpaired) electrons. The Morgan fingerprint density at radius 3 is 1.80 bits per heavy atom. The Balaban J connectivity index is 0.000000810. The van der Waals surface area contributed by atoms with Gasteiger partial charge in [0.25, 0.3) is 0 Å². The van der Waals surface area contributed by atoms with Crippen LogP contribution >= 0.6 is 35.6 Å². The lowest BCUT2D eigenvalue weighted by Gasteiger charge is -1.96. The van der Waals surface area contributed by atoms with Crippen LogP contribution in [0.4, 0.5) is 5.69 Å². The summed E-state index contributed by atoms with van der Waals surface area (Å²) in [5, 5.41) is 1.00. The largest absolute Gasteiger partial charge is 0.396 e. The van der Waals surface area contributed by atoms with Crippen molar-refractivity contribution in [2.75, 3.05) is 5.73 Å². The van der Waals surface area contributed by atoms with Crippen molar-refractivity contribution in [3.63, 3.8) is 0 Å². The minimum absolute atomic E-state index is 0. The number of halogens is 3. The van der Waals surface area contributed by atoms with Gasteiger partial charge < -0.3 is 5.73 Å². The van der Waals surface area contributed by atoms with Gasteiger partial charge in [0, 0.05) is 0 Å². The van der Waals surface area contributed by atoms with E-state index >= 15 is 0 Å². The molecule has 0 bridgehead atoms. The molecule has 1 aromatic carbocycles. The minimum Gasteiger partial charge on any atom is -0.396 e. The Morgan fingerprint density at radius 2 is 1.50 bits per heavy atom. The van der Waals surface area contributed by atoms with E-state index in [1.54, 1.807) is 18.2 Å². The van der Waals surface area contributed by atoms with Crippen molar-refractivity contribution >= 4 is 41.3 Å². The molecule has 0 saturated heterocycles. The van der Waals surface area contributed by atoms with Crippen LogP contribution in [0.15, 0.2) is 18.2 Å². The van der Waals surface area contributed by atoms with E-state index in [2.05, 4.69) is 0 Å². The first-order valence-electron chi connectivity index (χ1n) is 2.41. The lowest BCUT2D eigenvalue weighted by atomic mass is 10.3. The molecule has 1 rings (SSSR count). The van der Waals surface area contributed by atoms with Crippen LogP contribution < -0.4 is 5.73 Å². The second kappa shape index (κ2) is 3.91. The van der Waals surface area contributed by atoms with Crippen LogP contribution in [0.25, 0.3) is 0 Å². The van der Waals surface area contributed by atoms with Gasteiger partial charge >= 0.3 is 0 Å². The van der Waals surface area contributed by atoms with Crippen LogP contribution in [-0.2, 0) is 0 Å². The molecule has 0 amide bonds. The van der Waals surface area contributed by atoms with Crippen molar-refractivity contribution in [3.8, 4) is 0 Å². The fraction of sp³-hybridized carbons (Fsp3) is 0. The van der Waals surface area contributed by atoms with Gasteiger partial charge in [0.05, 0.1) is 15.7 Å². The maximum atomic E-state index is 5.60. The highest BCUT2D eigenvalue weighted by molar-refractivity contribution is 6.38. The normalized spacial score (nSPS) is 8.60. The van der Waals surface area contributed by atoms with Crippen molar-refractivity contribution in [1.29, 1.82) is 0 Å². The summed E-state index contributed by atoms with van der Waals surface area (Å²) in [6.07, 6.45) is 0. The number of para-hydroxylation sites is 1. The number of hydrogen-bond acceptors (Lipinski definition) is 1. The fourth-order valence-electron chi connectivity index (χ4n) is 0.511. The molecule has 0 fully saturated rings. The Morgan fingerprint density at radius 1 is 1.10 bits per heavy atom. The lowest BCUT2D eigenvalue weighted by molar-refractivity contribution is 1.68. The summed E-state index contributed by atoms with van der Waals surface area (Å²) in [5.74, 6) is 0. The van der Waals surface area contributed by atoms with Gasteiger partial charge in [-0.15, -0.1) is 12.4 Å². The predicted octanol–water partition coefficient (Wildman–Crippen LogP) is 3.00. The van der Waals surface area contributed by atoms with E-state index in [0.29, 0.717) is 15.7 Å². The number of nitrogen functional groups attached to an aromatic ring is 1. The number of nitrogens with two attached hydrogens (primary N) is 1. The van der Waals surface area contributed by atoms with Gasteiger partial charge in [-0.2, -0.15) is 0 Å². The molecule has 56 valence electrons. The van der Waals surface area contributed by atoms with Crippen LogP contribution in [0, 0.1) is 0 Å². The summed E-state index contributed by atoms with van der Waals surface area (Å²) in [6, 6.07) is 5.15. The van der Waals surface area contributed by atoms with E-state index in [9.17, 15) is 0 Å². The first kappa shape index (κ1) is 9.89. The molecule has 0 unspecified atom stereocenters. The van der Waals surface area contributed by atoms with E-state index in [-0.39, 0.29) is 12.4 Å². The summed E-state index contributed by atoms with van der Waals surface area (Å²) < 4.78 is 0. The maximum Gasteiger partial charge on any atom is 0.0692 e. The molecule has 0 aliphatic rings. The molecule has 10 heavy (non-hydrogen) atoms. The summed E-state index contributed by atoms with van der Waals surface area (Å²) in [4.78, 5) is 0. The Bertz CT molecular complexity index is 204. The van der Waals surface area contributed by atoms with Gasteiger partial charge in [-0.3, -0.25) is 0 Å². The molecule has 0 saturated carbocycles. The Labute approximate surface area is 75.5 Å². The SMILES string of the molecule is Cl.Nc1c(Cl)cccc1Cl. The average Bonchev–Trinajstić information content (AvgIpc) is 1.83.